The van der Waals surface area contributed by atoms with E-state index >= 15 is 0 Å². The standard InChI is InChI=1S/C14H11BrFNO3/c1-9-2-5-12(16)14(6-9)20-8-10-3-4-11(15)7-13(10)17(18)19/h2-7H,8H2,1H3. The van der Waals surface area contributed by atoms with Crippen LogP contribution in [0.2, 0.25) is 0 Å². The molecule has 0 unspecified atom stereocenters. The van der Waals surface area contributed by atoms with E-state index in [9.17, 15) is 14.5 Å². The average molecular weight is 340 g/mol. The largest absolute Gasteiger partial charge is 0.486 e. The number of hydrogen-bond acceptors (Lipinski definition) is 3. The molecule has 2 rings (SSSR count). The first kappa shape index (κ1) is 14.5. The van der Waals surface area contributed by atoms with Gasteiger partial charge in [0, 0.05) is 10.5 Å². The van der Waals surface area contributed by atoms with Crippen molar-refractivity contribution in [1.82, 2.24) is 0 Å². The van der Waals surface area contributed by atoms with E-state index in [4.69, 9.17) is 4.74 Å². The van der Waals surface area contributed by atoms with E-state index in [0.29, 0.717) is 10.0 Å². The molecule has 6 heteroatoms. The van der Waals surface area contributed by atoms with Gasteiger partial charge in [0.25, 0.3) is 5.69 Å². The fourth-order valence-electron chi connectivity index (χ4n) is 1.71. The molecule has 0 radical (unpaired) electrons. The van der Waals surface area contributed by atoms with Gasteiger partial charge < -0.3 is 4.74 Å². The van der Waals surface area contributed by atoms with E-state index in [1.807, 2.05) is 6.92 Å². The molecule has 0 aromatic heterocycles. The quantitative estimate of drug-likeness (QED) is 0.613. The highest BCUT2D eigenvalue weighted by Gasteiger charge is 2.15. The van der Waals surface area contributed by atoms with Crippen molar-refractivity contribution in [2.45, 2.75) is 13.5 Å². The first-order valence-electron chi connectivity index (χ1n) is 5.79. The summed E-state index contributed by atoms with van der Waals surface area (Å²) in [5.41, 5.74) is 1.18. The zero-order chi connectivity index (χ0) is 14.7. The van der Waals surface area contributed by atoms with Gasteiger partial charge in [-0.1, -0.05) is 22.0 Å². The third kappa shape index (κ3) is 3.33. The zero-order valence-corrected chi connectivity index (χ0v) is 12.2. The van der Waals surface area contributed by atoms with Crippen LogP contribution >= 0.6 is 15.9 Å². The number of nitro benzene ring substituents is 1. The van der Waals surface area contributed by atoms with Gasteiger partial charge in [0.05, 0.1) is 10.5 Å². The molecule has 0 saturated carbocycles. The van der Waals surface area contributed by atoms with Crippen LogP contribution in [0.3, 0.4) is 0 Å². The van der Waals surface area contributed by atoms with Crippen LogP contribution < -0.4 is 4.74 Å². The van der Waals surface area contributed by atoms with Gasteiger partial charge in [-0.05, 0) is 36.8 Å². The zero-order valence-electron chi connectivity index (χ0n) is 10.6. The molecule has 0 bridgehead atoms. The van der Waals surface area contributed by atoms with E-state index in [-0.39, 0.29) is 18.0 Å². The second kappa shape index (κ2) is 6.00. The molecule has 0 amide bonds. The first-order chi connectivity index (χ1) is 9.47. The molecule has 0 aliphatic heterocycles. The van der Waals surface area contributed by atoms with Crippen molar-refractivity contribution < 1.29 is 14.1 Å². The summed E-state index contributed by atoms with van der Waals surface area (Å²) in [5, 5.41) is 11.0. The molecule has 0 heterocycles. The molecule has 0 atom stereocenters. The van der Waals surface area contributed by atoms with Gasteiger partial charge in [0.15, 0.2) is 11.6 Å². The van der Waals surface area contributed by atoms with Gasteiger partial charge in [-0.15, -0.1) is 0 Å². The van der Waals surface area contributed by atoms with Crippen molar-refractivity contribution in [2.75, 3.05) is 0 Å². The minimum atomic E-state index is -0.490. The highest BCUT2D eigenvalue weighted by molar-refractivity contribution is 9.10. The Kier molecular flexibility index (Phi) is 4.34. The van der Waals surface area contributed by atoms with Crippen LogP contribution in [-0.2, 0) is 6.61 Å². The van der Waals surface area contributed by atoms with Crippen LogP contribution in [0, 0.1) is 22.9 Å². The van der Waals surface area contributed by atoms with Crippen LogP contribution in [-0.4, -0.2) is 4.92 Å². The monoisotopic (exact) mass is 339 g/mol. The Bertz CT molecular complexity index is 661. The van der Waals surface area contributed by atoms with E-state index in [1.165, 1.54) is 12.1 Å². The first-order valence-corrected chi connectivity index (χ1v) is 6.58. The molecule has 0 saturated heterocycles. The van der Waals surface area contributed by atoms with E-state index in [2.05, 4.69) is 15.9 Å². The predicted octanol–water partition coefficient (Wildman–Crippen LogP) is 4.38. The molecule has 0 spiro atoms. The van der Waals surface area contributed by atoms with E-state index in [1.54, 1.807) is 24.3 Å². The van der Waals surface area contributed by atoms with Crippen LogP contribution in [0.5, 0.6) is 5.75 Å². The van der Waals surface area contributed by atoms with E-state index < -0.39 is 10.7 Å². The van der Waals surface area contributed by atoms with Gasteiger partial charge in [-0.25, -0.2) is 4.39 Å². The summed E-state index contributed by atoms with van der Waals surface area (Å²) in [7, 11) is 0. The predicted molar refractivity (Wildman–Crippen MR) is 76.3 cm³/mol. The number of rotatable bonds is 4. The van der Waals surface area contributed by atoms with Gasteiger partial charge >= 0.3 is 0 Å². The Morgan fingerprint density at radius 2 is 2.05 bits per heavy atom. The fraction of sp³-hybridized carbons (Fsp3) is 0.143. The average Bonchev–Trinajstić information content (AvgIpc) is 2.40. The normalized spacial score (nSPS) is 10.3. The van der Waals surface area contributed by atoms with Crippen LogP contribution in [0.15, 0.2) is 40.9 Å². The van der Waals surface area contributed by atoms with Crippen molar-refractivity contribution >= 4 is 21.6 Å². The number of nitro groups is 1. The number of benzene rings is 2. The lowest BCUT2D eigenvalue weighted by molar-refractivity contribution is -0.385. The number of nitrogens with zero attached hydrogens (tertiary/aromatic N) is 1. The van der Waals surface area contributed by atoms with Gasteiger partial charge in [0.2, 0.25) is 0 Å². The SMILES string of the molecule is Cc1ccc(F)c(OCc2ccc(Br)cc2[N+](=O)[O-])c1. The molecular weight excluding hydrogens is 329 g/mol. The summed E-state index contributed by atoms with van der Waals surface area (Å²) in [6, 6.07) is 9.14. The maximum atomic E-state index is 13.5. The Hall–Kier alpha value is -1.95. The van der Waals surface area contributed by atoms with Crippen LogP contribution in [0.1, 0.15) is 11.1 Å². The molecule has 2 aromatic rings. The number of aryl methyl sites for hydroxylation is 1. The summed E-state index contributed by atoms with van der Waals surface area (Å²) in [5.74, 6) is -0.405. The molecular formula is C14H11BrFNO3. The molecule has 0 aliphatic rings. The van der Waals surface area contributed by atoms with Crippen LogP contribution in [0.25, 0.3) is 0 Å². The van der Waals surface area contributed by atoms with Crippen LogP contribution in [0.4, 0.5) is 10.1 Å². The highest BCUT2D eigenvalue weighted by Crippen LogP contribution is 2.26. The third-order valence-corrected chi connectivity index (χ3v) is 3.21. The molecule has 0 fully saturated rings. The third-order valence-electron chi connectivity index (χ3n) is 2.71. The Balaban J connectivity index is 2.23. The molecule has 0 N–H and O–H groups in total. The van der Waals surface area contributed by atoms with Crippen molar-refractivity contribution in [3.63, 3.8) is 0 Å². The number of hydrogen-bond donors (Lipinski definition) is 0. The molecule has 20 heavy (non-hydrogen) atoms. The van der Waals surface area contributed by atoms with Crippen molar-refractivity contribution in [2.24, 2.45) is 0 Å². The van der Waals surface area contributed by atoms with Gasteiger partial charge in [-0.3, -0.25) is 10.1 Å². The summed E-state index contributed by atoms with van der Waals surface area (Å²) in [6.07, 6.45) is 0. The lowest BCUT2D eigenvalue weighted by Gasteiger charge is -2.08. The Labute approximate surface area is 123 Å². The lowest BCUT2D eigenvalue weighted by atomic mass is 10.2. The number of halogens is 2. The van der Waals surface area contributed by atoms with Gasteiger partial charge in [0.1, 0.15) is 6.61 Å². The smallest absolute Gasteiger partial charge is 0.277 e. The summed E-state index contributed by atoms with van der Waals surface area (Å²) >= 11 is 3.18. The van der Waals surface area contributed by atoms with Crippen molar-refractivity contribution in [1.29, 1.82) is 0 Å². The van der Waals surface area contributed by atoms with Crippen molar-refractivity contribution in [3.05, 3.63) is 67.9 Å². The summed E-state index contributed by atoms with van der Waals surface area (Å²) in [4.78, 5) is 10.5. The van der Waals surface area contributed by atoms with E-state index in [0.717, 1.165) is 5.56 Å². The summed E-state index contributed by atoms with van der Waals surface area (Å²) < 4.78 is 19.5. The molecule has 4 nitrogen and oxygen atoms in total. The minimum absolute atomic E-state index is 0.0626. The summed E-state index contributed by atoms with van der Waals surface area (Å²) in [6.45, 7) is 1.75. The highest BCUT2D eigenvalue weighted by atomic mass is 79.9. The second-order valence-corrected chi connectivity index (χ2v) is 5.17. The second-order valence-electron chi connectivity index (χ2n) is 4.25. The molecule has 0 aliphatic carbocycles. The van der Waals surface area contributed by atoms with Gasteiger partial charge in [-0.2, -0.15) is 0 Å². The lowest BCUT2D eigenvalue weighted by Crippen LogP contribution is -2.02. The topological polar surface area (TPSA) is 52.4 Å². The molecule has 104 valence electrons. The number of ether oxygens (including phenoxy) is 1. The minimum Gasteiger partial charge on any atom is -0.486 e. The maximum absolute atomic E-state index is 13.5. The fourth-order valence-corrected chi connectivity index (χ4v) is 2.05. The van der Waals surface area contributed by atoms with Crippen molar-refractivity contribution in [3.8, 4) is 5.75 Å². The molecule has 2 aromatic carbocycles. The maximum Gasteiger partial charge on any atom is 0.277 e. The Morgan fingerprint density at radius 3 is 2.75 bits per heavy atom. The Morgan fingerprint density at radius 1 is 1.30 bits per heavy atom.